The number of aliphatic hydroxyl groups is 1. The minimum atomic E-state index is -0.461. The number of anilines is 1. The molecule has 0 bridgehead atoms. The van der Waals surface area contributed by atoms with Gasteiger partial charge in [0.15, 0.2) is 0 Å². The summed E-state index contributed by atoms with van der Waals surface area (Å²) in [4.78, 5) is 0. The maximum absolute atomic E-state index is 10.0. The fourth-order valence-corrected chi connectivity index (χ4v) is 1.89. The Labute approximate surface area is 99.6 Å². The van der Waals surface area contributed by atoms with Crippen molar-refractivity contribution < 1.29 is 5.11 Å². The minimum absolute atomic E-state index is 0.461. The number of nitrogens with two attached hydrogens (primary N) is 1. The third kappa shape index (κ3) is 3.50. The Kier molecular flexibility index (Phi) is 4.61. The molecule has 0 fully saturated rings. The molecule has 2 atom stereocenters. The van der Waals surface area contributed by atoms with E-state index in [0.29, 0.717) is 11.6 Å². The van der Waals surface area contributed by atoms with Gasteiger partial charge in [-0.05, 0) is 30.5 Å². The van der Waals surface area contributed by atoms with E-state index < -0.39 is 6.10 Å². The molecule has 0 aliphatic heterocycles. The molecule has 0 aliphatic rings. The SMILES string of the molecule is CCC(C)CC(O)c1cc(Br)ccc1N. The second kappa shape index (κ2) is 5.52. The Bertz CT molecular complexity index is 327. The first-order chi connectivity index (χ1) is 7.04. The van der Waals surface area contributed by atoms with Gasteiger partial charge in [0, 0.05) is 15.7 Å². The molecular formula is C12H18BrNO. The molecule has 0 aliphatic carbocycles. The van der Waals surface area contributed by atoms with Crippen molar-refractivity contribution in [2.75, 3.05) is 5.73 Å². The topological polar surface area (TPSA) is 46.2 Å². The Morgan fingerprint density at radius 3 is 2.73 bits per heavy atom. The molecule has 3 N–H and O–H groups in total. The summed E-state index contributed by atoms with van der Waals surface area (Å²) < 4.78 is 0.954. The van der Waals surface area contributed by atoms with Crippen molar-refractivity contribution in [2.24, 2.45) is 5.92 Å². The molecule has 0 aromatic heterocycles. The van der Waals surface area contributed by atoms with E-state index in [1.165, 1.54) is 0 Å². The third-order valence-corrected chi connectivity index (χ3v) is 3.22. The first-order valence-corrected chi connectivity index (χ1v) is 6.06. The zero-order chi connectivity index (χ0) is 11.4. The average Bonchev–Trinajstić information content (AvgIpc) is 2.21. The van der Waals surface area contributed by atoms with Crippen LogP contribution >= 0.6 is 15.9 Å². The number of hydrogen-bond acceptors (Lipinski definition) is 2. The second-order valence-electron chi connectivity index (χ2n) is 4.04. The van der Waals surface area contributed by atoms with Crippen LogP contribution in [0.25, 0.3) is 0 Å². The van der Waals surface area contributed by atoms with Crippen LogP contribution in [0.2, 0.25) is 0 Å². The highest BCUT2D eigenvalue weighted by molar-refractivity contribution is 9.10. The van der Waals surface area contributed by atoms with Crippen LogP contribution in [-0.2, 0) is 0 Å². The van der Waals surface area contributed by atoms with Crippen LogP contribution in [0.1, 0.15) is 38.4 Å². The summed E-state index contributed by atoms with van der Waals surface area (Å²) in [5, 5.41) is 10.0. The second-order valence-corrected chi connectivity index (χ2v) is 4.95. The largest absolute Gasteiger partial charge is 0.398 e. The molecule has 0 radical (unpaired) electrons. The minimum Gasteiger partial charge on any atom is -0.398 e. The Hall–Kier alpha value is -0.540. The van der Waals surface area contributed by atoms with Crippen LogP contribution in [0, 0.1) is 5.92 Å². The van der Waals surface area contributed by atoms with Crippen molar-refractivity contribution >= 4 is 21.6 Å². The van der Waals surface area contributed by atoms with Gasteiger partial charge in [0.05, 0.1) is 6.10 Å². The molecule has 1 rings (SSSR count). The van der Waals surface area contributed by atoms with Crippen molar-refractivity contribution in [3.05, 3.63) is 28.2 Å². The number of hydrogen-bond donors (Lipinski definition) is 2. The highest BCUT2D eigenvalue weighted by Crippen LogP contribution is 2.29. The zero-order valence-corrected chi connectivity index (χ0v) is 10.8. The summed E-state index contributed by atoms with van der Waals surface area (Å²) in [5.74, 6) is 0.512. The summed E-state index contributed by atoms with van der Waals surface area (Å²) in [6.07, 6.45) is 1.37. The molecule has 1 aromatic rings. The predicted molar refractivity (Wildman–Crippen MR) is 67.6 cm³/mol. The first kappa shape index (κ1) is 12.5. The molecule has 0 heterocycles. The summed E-state index contributed by atoms with van der Waals surface area (Å²) in [6, 6.07) is 5.59. The molecule has 2 nitrogen and oxygen atoms in total. The maximum Gasteiger partial charge on any atom is 0.0812 e. The maximum atomic E-state index is 10.0. The van der Waals surface area contributed by atoms with Gasteiger partial charge in [0.2, 0.25) is 0 Å². The van der Waals surface area contributed by atoms with Gasteiger partial charge in [0.1, 0.15) is 0 Å². The monoisotopic (exact) mass is 271 g/mol. The fourth-order valence-electron chi connectivity index (χ4n) is 1.51. The highest BCUT2D eigenvalue weighted by Gasteiger charge is 2.14. The van der Waals surface area contributed by atoms with Crippen molar-refractivity contribution in [2.45, 2.75) is 32.8 Å². The van der Waals surface area contributed by atoms with Gasteiger partial charge in [-0.2, -0.15) is 0 Å². The summed E-state index contributed by atoms with van der Waals surface area (Å²) in [6.45, 7) is 4.26. The summed E-state index contributed by atoms with van der Waals surface area (Å²) in [5.41, 5.74) is 7.31. The zero-order valence-electron chi connectivity index (χ0n) is 9.20. The average molecular weight is 272 g/mol. The van der Waals surface area contributed by atoms with Gasteiger partial charge < -0.3 is 10.8 Å². The summed E-state index contributed by atoms with van der Waals surface area (Å²) in [7, 11) is 0. The quantitative estimate of drug-likeness (QED) is 0.824. The lowest BCUT2D eigenvalue weighted by Crippen LogP contribution is -2.06. The van der Waals surface area contributed by atoms with Crippen molar-refractivity contribution in [3.63, 3.8) is 0 Å². The Morgan fingerprint density at radius 1 is 1.47 bits per heavy atom. The van der Waals surface area contributed by atoms with Crippen LogP contribution in [0.15, 0.2) is 22.7 Å². The molecule has 0 saturated heterocycles. The lowest BCUT2D eigenvalue weighted by molar-refractivity contribution is 0.147. The van der Waals surface area contributed by atoms with Crippen molar-refractivity contribution in [3.8, 4) is 0 Å². The molecule has 3 heteroatoms. The molecule has 1 aromatic carbocycles. The van der Waals surface area contributed by atoms with Gasteiger partial charge in [-0.3, -0.25) is 0 Å². The van der Waals surface area contributed by atoms with Gasteiger partial charge >= 0.3 is 0 Å². The number of rotatable bonds is 4. The third-order valence-electron chi connectivity index (χ3n) is 2.73. The van der Waals surface area contributed by atoms with E-state index in [2.05, 4.69) is 29.8 Å². The molecule has 0 amide bonds. The predicted octanol–water partition coefficient (Wildman–Crippen LogP) is 3.50. The lowest BCUT2D eigenvalue weighted by Gasteiger charge is -2.17. The van der Waals surface area contributed by atoms with Gasteiger partial charge in [-0.15, -0.1) is 0 Å². The van der Waals surface area contributed by atoms with Gasteiger partial charge in [0.25, 0.3) is 0 Å². The fraction of sp³-hybridized carbons (Fsp3) is 0.500. The Balaban J connectivity index is 2.80. The van der Waals surface area contributed by atoms with Crippen LogP contribution in [0.5, 0.6) is 0 Å². The molecular weight excluding hydrogens is 254 g/mol. The lowest BCUT2D eigenvalue weighted by atomic mass is 9.95. The number of benzene rings is 1. The van der Waals surface area contributed by atoms with E-state index in [0.717, 1.165) is 22.9 Å². The molecule has 2 unspecified atom stereocenters. The van der Waals surface area contributed by atoms with E-state index in [-0.39, 0.29) is 0 Å². The number of nitrogen functional groups attached to an aromatic ring is 1. The molecule has 0 spiro atoms. The van der Waals surface area contributed by atoms with Gasteiger partial charge in [-0.25, -0.2) is 0 Å². The van der Waals surface area contributed by atoms with Crippen LogP contribution in [-0.4, -0.2) is 5.11 Å². The van der Waals surface area contributed by atoms with Crippen molar-refractivity contribution in [1.29, 1.82) is 0 Å². The normalized spacial score (nSPS) is 14.9. The smallest absolute Gasteiger partial charge is 0.0812 e. The molecule has 84 valence electrons. The first-order valence-electron chi connectivity index (χ1n) is 5.27. The van der Waals surface area contributed by atoms with Crippen LogP contribution in [0.3, 0.4) is 0 Å². The highest BCUT2D eigenvalue weighted by atomic mass is 79.9. The molecule has 15 heavy (non-hydrogen) atoms. The number of aliphatic hydroxyl groups excluding tert-OH is 1. The van der Waals surface area contributed by atoms with Crippen LogP contribution in [0.4, 0.5) is 5.69 Å². The standard InChI is InChI=1S/C12H18BrNO/c1-3-8(2)6-12(15)10-7-9(13)4-5-11(10)14/h4-5,7-8,12,15H,3,6,14H2,1-2H3. The van der Waals surface area contributed by atoms with E-state index in [1.807, 2.05) is 18.2 Å². The van der Waals surface area contributed by atoms with E-state index in [4.69, 9.17) is 5.73 Å². The van der Waals surface area contributed by atoms with Gasteiger partial charge in [-0.1, -0.05) is 36.2 Å². The summed E-state index contributed by atoms with van der Waals surface area (Å²) >= 11 is 3.38. The van der Waals surface area contributed by atoms with Crippen molar-refractivity contribution in [1.82, 2.24) is 0 Å². The van der Waals surface area contributed by atoms with E-state index in [9.17, 15) is 5.11 Å². The van der Waals surface area contributed by atoms with E-state index >= 15 is 0 Å². The van der Waals surface area contributed by atoms with Crippen LogP contribution < -0.4 is 5.73 Å². The Morgan fingerprint density at radius 2 is 2.13 bits per heavy atom. The number of halogens is 1. The van der Waals surface area contributed by atoms with E-state index in [1.54, 1.807) is 0 Å². The molecule has 0 saturated carbocycles.